The molecule has 2 amide bonds. The zero-order chi connectivity index (χ0) is 12.0. The van der Waals surface area contributed by atoms with Gasteiger partial charge in [-0.1, -0.05) is 0 Å². The largest absolute Gasteiger partial charge is 0.396 e. The summed E-state index contributed by atoms with van der Waals surface area (Å²) >= 11 is 0. The lowest BCUT2D eigenvalue weighted by molar-refractivity contribution is -0.136. The predicted molar refractivity (Wildman–Crippen MR) is 59.7 cm³/mol. The Labute approximate surface area is 95.8 Å². The first-order valence-electron chi connectivity index (χ1n) is 5.80. The molecule has 1 aliphatic carbocycles. The van der Waals surface area contributed by atoms with Crippen molar-refractivity contribution in [3.63, 3.8) is 0 Å². The summed E-state index contributed by atoms with van der Waals surface area (Å²) in [6.07, 6.45) is 3.84. The minimum Gasteiger partial charge on any atom is -0.396 e. The first kappa shape index (κ1) is 13.0. The Kier molecular flexibility index (Phi) is 5.25. The van der Waals surface area contributed by atoms with Gasteiger partial charge in [-0.25, -0.2) is 0 Å². The summed E-state index contributed by atoms with van der Waals surface area (Å²) in [6, 6.07) is 0.313. The Balaban J connectivity index is 2.39. The molecule has 0 radical (unpaired) electrons. The lowest BCUT2D eigenvalue weighted by atomic mass is 9.91. The van der Waals surface area contributed by atoms with Gasteiger partial charge >= 0.3 is 0 Å². The van der Waals surface area contributed by atoms with Crippen LogP contribution >= 0.6 is 0 Å². The molecule has 0 saturated heterocycles. The van der Waals surface area contributed by atoms with Crippen molar-refractivity contribution in [1.29, 1.82) is 0 Å². The monoisotopic (exact) mass is 228 g/mol. The van der Waals surface area contributed by atoms with Crippen molar-refractivity contribution < 1.29 is 14.7 Å². The van der Waals surface area contributed by atoms with E-state index in [1.165, 1.54) is 6.92 Å². The summed E-state index contributed by atoms with van der Waals surface area (Å²) < 4.78 is 0. The Morgan fingerprint density at radius 1 is 1.44 bits per heavy atom. The van der Waals surface area contributed by atoms with Crippen LogP contribution in [0.4, 0.5) is 0 Å². The van der Waals surface area contributed by atoms with Crippen LogP contribution in [0.5, 0.6) is 0 Å². The SMILES string of the molecule is CC(=O)NCC(=O)N(CCCO)C1CCC1. The third kappa shape index (κ3) is 3.81. The molecule has 0 spiro atoms. The minimum atomic E-state index is -0.191. The fourth-order valence-corrected chi connectivity index (χ4v) is 1.75. The number of hydrogen-bond donors (Lipinski definition) is 2. The van der Waals surface area contributed by atoms with Crippen molar-refractivity contribution in [3.8, 4) is 0 Å². The molecule has 0 unspecified atom stereocenters. The average Bonchev–Trinajstić information content (AvgIpc) is 2.17. The molecule has 5 nitrogen and oxygen atoms in total. The highest BCUT2D eigenvalue weighted by atomic mass is 16.3. The second-order valence-corrected chi connectivity index (χ2v) is 4.16. The molecule has 1 rings (SSSR count). The zero-order valence-corrected chi connectivity index (χ0v) is 9.74. The highest BCUT2D eigenvalue weighted by molar-refractivity contribution is 5.83. The van der Waals surface area contributed by atoms with Gasteiger partial charge in [0.2, 0.25) is 11.8 Å². The van der Waals surface area contributed by atoms with Gasteiger partial charge < -0.3 is 15.3 Å². The minimum absolute atomic E-state index is 0.0478. The third-order valence-corrected chi connectivity index (χ3v) is 2.88. The van der Waals surface area contributed by atoms with E-state index in [-0.39, 0.29) is 25.0 Å². The third-order valence-electron chi connectivity index (χ3n) is 2.88. The Morgan fingerprint density at radius 3 is 2.56 bits per heavy atom. The van der Waals surface area contributed by atoms with Crippen LogP contribution in [0.3, 0.4) is 0 Å². The van der Waals surface area contributed by atoms with Crippen LogP contribution in [0.25, 0.3) is 0 Å². The molecule has 16 heavy (non-hydrogen) atoms. The molecule has 0 aromatic heterocycles. The van der Waals surface area contributed by atoms with E-state index < -0.39 is 0 Å². The van der Waals surface area contributed by atoms with Gasteiger partial charge in [0.1, 0.15) is 0 Å². The van der Waals surface area contributed by atoms with Gasteiger partial charge in [-0.15, -0.1) is 0 Å². The highest BCUT2D eigenvalue weighted by Crippen LogP contribution is 2.24. The van der Waals surface area contributed by atoms with Gasteiger partial charge in [0.25, 0.3) is 0 Å². The molecular weight excluding hydrogens is 208 g/mol. The molecule has 0 aromatic carbocycles. The fraction of sp³-hybridized carbons (Fsp3) is 0.818. The van der Waals surface area contributed by atoms with E-state index in [4.69, 9.17) is 5.11 Å². The van der Waals surface area contributed by atoms with Crippen molar-refractivity contribution in [2.75, 3.05) is 19.7 Å². The first-order valence-corrected chi connectivity index (χ1v) is 5.80. The van der Waals surface area contributed by atoms with Crippen LogP contribution in [0.2, 0.25) is 0 Å². The van der Waals surface area contributed by atoms with E-state index in [9.17, 15) is 9.59 Å². The lowest BCUT2D eigenvalue weighted by Crippen LogP contribution is -2.48. The average molecular weight is 228 g/mol. The number of carbonyl (C=O) groups excluding carboxylic acids is 2. The second-order valence-electron chi connectivity index (χ2n) is 4.16. The van der Waals surface area contributed by atoms with Crippen LogP contribution < -0.4 is 5.32 Å². The van der Waals surface area contributed by atoms with Crippen LogP contribution in [0.15, 0.2) is 0 Å². The normalized spacial score (nSPS) is 15.4. The van der Waals surface area contributed by atoms with Crippen LogP contribution in [0.1, 0.15) is 32.6 Å². The molecule has 0 atom stereocenters. The quantitative estimate of drug-likeness (QED) is 0.666. The van der Waals surface area contributed by atoms with Gasteiger partial charge in [0.15, 0.2) is 0 Å². The standard InChI is InChI=1S/C11H20N2O3/c1-9(15)12-8-11(16)13(6-3-7-14)10-4-2-5-10/h10,14H,2-8H2,1H3,(H,12,15). The summed E-state index contributed by atoms with van der Waals surface area (Å²) in [5, 5.41) is 11.3. The molecule has 1 fully saturated rings. The van der Waals surface area contributed by atoms with Gasteiger partial charge in [0, 0.05) is 26.1 Å². The number of carbonyl (C=O) groups is 2. The van der Waals surface area contributed by atoms with Crippen molar-refractivity contribution >= 4 is 11.8 Å². The van der Waals surface area contributed by atoms with Crippen molar-refractivity contribution in [3.05, 3.63) is 0 Å². The Morgan fingerprint density at radius 2 is 2.12 bits per heavy atom. The lowest BCUT2D eigenvalue weighted by Gasteiger charge is -2.37. The van der Waals surface area contributed by atoms with Crippen LogP contribution in [-0.2, 0) is 9.59 Å². The number of nitrogens with zero attached hydrogens (tertiary/aromatic N) is 1. The number of amides is 2. The van der Waals surface area contributed by atoms with E-state index in [0.29, 0.717) is 19.0 Å². The van der Waals surface area contributed by atoms with E-state index in [1.54, 1.807) is 4.90 Å². The number of hydrogen-bond acceptors (Lipinski definition) is 3. The molecule has 0 aliphatic heterocycles. The Bertz CT molecular complexity index is 252. The molecular formula is C11H20N2O3. The van der Waals surface area contributed by atoms with Gasteiger partial charge in [-0.2, -0.15) is 0 Å². The van der Waals surface area contributed by atoms with Crippen LogP contribution in [0, 0.1) is 0 Å². The van der Waals surface area contributed by atoms with E-state index in [2.05, 4.69) is 5.32 Å². The summed E-state index contributed by atoms with van der Waals surface area (Å²) in [5.41, 5.74) is 0. The van der Waals surface area contributed by atoms with Gasteiger partial charge in [-0.3, -0.25) is 9.59 Å². The number of aliphatic hydroxyl groups is 1. The highest BCUT2D eigenvalue weighted by Gasteiger charge is 2.27. The van der Waals surface area contributed by atoms with Crippen molar-refractivity contribution in [2.24, 2.45) is 0 Å². The molecule has 5 heteroatoms. The Hall–Kier alpha value is -1.10. The smallest absolute Gasteiger partial charge is 0.242 e. The van der Waals surface area contributed by atoms with Gasteiger partial charge in [-0.05, 0) is 25.7 Å². The van der Waals surface area contributed by atoms with Gasteiger partial charge in [0.05, 0.1) is 6.54 Å². The topological polar surface area (TPSA) is 69.6 Å². The second kappa shape index (κ2) is 6.48. The van der Waals surface area contributed by atoms with Crippen molar-refractivity contribution in [2.45, 2.75) is 38.6 Å². The molecule has 1 saturated carbocycles. The molecule has 0 aromatic rings. The molecule has 0 bridgehead atoms. The predicted octanol–water partition coefficient (Wildman–Crippen LogP) is -0.114. The number of nitrogens with one attached hydrogen (secondary N) is 1. The maximum atomic E-state index is 11.8. The molecule has 1 aliphatic rings. The number of aliphatic hydroxyl groups excluding tert-OH is 1. The zero-order valence-electron chi connectivity index (χ0n) is 9.74. The maximum Gasteiger partial charge on any atom is 0.242 e. The summed E-state index contributed by atoms with van der Waals surface area (Å²) in [4.78, 5) is 24.3. The summed E-state index contributed by atoms with van der Waals surface area (Å²) in [7, 11) is 0. The first-order chi connectivity index (χ1) is 7.65. The number of rotatable bonds is 6. The maximum absolute atomic E-state index is 11.8. The van der Waals surface area contributed by atoms with Crippen molar-refractivity contribution in [1.82, 2.24) is 10.2 Å². The van der Waals surface area contributed by atoms with Crippen LogP contribution in [-0.4, -0.2) is 47.6 Å². The van der Waals surface area contributed by atoms with E-state index in [0.717, 1.165) is 19.3 Å². The molecule has 2 N–H and O–H groups in total. The fourth-order valence-electron chi connectivity index (χ4n) is 1.75. The summed E-state index contributed by atoms with van der Waals surface area (Å²) in [6.45, 7) is 2.14. The van der Waals surface area contributed by atoms with E-state index >= 15 is 0 Å². The molecule has 92 valence electrons. The summed E-state index contributed by atoms with van der Waals surface area (Å²) in [5.74, 6) is -0.239. The van der Waals surface area contributed by atoms with E-state index in [1.807, 2.05) is 0 Å². The molecule has 0 heterocycles.